The third kappa shape index (κ3) is 3.34. The largest absolute Gasteiger partial charge is 0.495 e. The molecule has 0 aliphatic carbocycles. The number of methoxy groups -OCH3 is 1. The number of ketones is 1. The lowest BCUT2D eigenvalue weighted by atomic mass is 10.3. The summed E-state index contributed by atoms with van der Waals surface area (Å²) in [4.78, 5) is 22.1. The van der Waals surface area contributed by atoms with E-state index < -0.39 is 12.6 Å². The van der Waals surface area contributed by atoms with Crippen LogP contribution < -0.4 is 4.74 Å². The van der Waals surface area contributed by atoms with Crippen LogP contribution in [-0.2, 0) is 9.53 Å². The quantitative estimate of drug-likeness (QED) is 0.739. The molecule has 0 spiro atoms. The summed E-state index contributed by atoms with van der Waals surface area (Å²) in [5.41, 5.74) is 0. The zero-order valence-electron chi connectivity index (χ0n) is 8.06. The highest BCUT2D eigenvalue weighted by Gasteiger charge is 2.14. The van der Waals surface area contributed by atoms with Crippen LogP contribution in [0, 0.1) is 0 Å². The molecule has 0 atom stereocenters. The first-order valence-corrected chi connectivity index (χ1v) is 4.97. The number of carboxylic acid groups (broad SMARTS) is 1. The second kappa shape index (κ2) is 5.47. The van der Waals surface area contributed by atoms with E-state index in [4.69, 9.17) is 9.84 Å². The molecule has 5 nitrogen and oxygen atoms in total. The molecule has 0 bridgehead atoms. The maximum atomic E-state index is 11.5. The van der Waals surface area contributed by atoms with Gasteiger partial charge in [0.1, 0.15) is 23.8 Å². The predicted molar refractivity (Wildman–Crippen MR) is 53.7 cm³/mol. The molecule has 0 amide bonds. The fraction of sp³-hybridized carbons (Fsp3) is 0.333. The van der Waals surface area contributed by atoms with Crippen molar-refractivity contribution >= 4 is 23.1 Å². The number of hydrogen-bond acceptors (Lipinski definition) is 5. The lowest BCUT2D eigenvalue weighted by Gasteiger charge is -2.01. The van der Waals surface area contributed by atoms with Gasteiger partial charge in [0.2, 0.25) is 5.78 Å². The number of hydrogen-bond donors (Lipinski definition) is 1. The number of rotatable bonds is 6. The van der Waals surface area contributed by atoms with Crippen LogP contribution in [0.4, 0.5) is 0 Å². The molecule has 0 radical (unpaired) electrons. The van der Waals surface area contributed by atoms with E-state index in [1.165, 1.54) is 18.4 Å². The summed E-state index contributed by atoms with van der Waals surface area (Å²) in [6, 6.07) is 1.68. The number of carboxylic acids is 1. The molecule has 1 aromatic heterocycles. The molecule has 0 aliphatic rings. The molecule has 1 heterocycles. The van der Waals surface area contributed by atoms with Crippen molar-refractivity contribution in [3.63, 3.8) is 0 Å². The number of carbonyl (C=O) groups excluding carboxylic acids is 1. The lowest BCUT2D eigenvalue weighted by Crippen LogP contribution is -2.14. The highest BCUT2D eigenvalue weighted by molar-refractivity contribution is 7.12. The summed E-state index contributed by atoms with van der Waals surface area (Å²) in [6.45, 7) is -0.720. The van der Waals surface area contributed by atoms with Gasteiger partial charge in [-0.05, 0) is 11.4 Å². The topological polar surface area (TPSA) is 72.8 Å². The lowest BCUT2D eigenvalue weighted by molar-refractivity contribution is -0.141. The highest BCUT2D eigenvalue weighted by atomic mass is 32.1. The molecule has 0 aliphatic heterocycles. The first-order valence-electron chi connectivity index (χ1n) is 4.09. The van der Waals surface area contributed by atoms with Gasteiger partial charge in [0, 0.05) is 0 Å². The second-order valence-electron chi connectivity index (χ2n) is 2.63. The number of thiophene rings is 1. The summed E-state index contributed by atoms with van der Waals surface area (Å²) in [5, 5.41) is 10.0. The Labute approximate surface area is 90.2 Å². The van der Waals surface area contributed by atoms with Gasteiger partial charge in [-0.15, -0.1) is 11.3 Å². The van der Waals surface area contributed by atoms with Gasteiger partial charge >= 0.3 is 5.97 Å². The molecule has 6 heteroatoms. The summed E-state index contributed by atoms with van der Waals surface area (Å²) >= 11 is 1.24. The summed E-state index contributed by atoms with van der Waals surface area (Å²) in [5.74, 6) is -0.882. The minimum atomic E-state index is -1.10. The van der Waals surface area contributed by atoms with E-state index in [1.54, 1.807) is 11.4 Å². The molecule has 1 rings (SSSR count). The molecule has 0 fully saturated rings. The van der Waals surface area contributed by atoms with E-state index in [-0.39, 0.29) is 12.4 Å². The smallest absolute Gasteiger partial charge is 0.329 e. The molecule has 82 valence electrons. The molecule has 0 unspecified atom stereocenters. The van der Waals surface area contributed by atoms with Crippen LogP contribution in [0.3, 0.4) is 0 Å². The van der Waals surface area contributed by atoms with Crippen LogP contribution in [0.1, 0.15) is 9.67 Å². The van der Waals surface area contributed by atoms with Gasteiger partial charge in [-0.1, -0.05) is 0 Å². The van der Waals surface area contributed by atoms with E-state index in [9.17, 15) is 9.59 Å². The molecule has 0 saturated carbocycles. The van der Waals surface area contributed by atoms with Crippen LogP contribution in [-0.4, -0.2) is 37.2 Å². The Bertz CT molecular complexity index is 357. The van der Waals surface area contributed by atoms with Crippen LogP contribution in [0.25, 0.3) is 0 Å². The number of Topliss-reactive ketones (excluding diaryl/α,β-unsaturated/α-hetero) is 1. The van der Waals surface area contributed by atoms with Crippen molar-refractivity contribution in [2.45, 2.75) is 0 Å². The maximum Gasteiger partial charge on any atom is 0.329 e. The van der Waals surface area contributed by atoms with Crippen LogP contribution >= 0.6 is 11.3 Å². The van der Waals surface area contributed by atoms with Gasteiger partial charge in [-0.2, -0.15) is 0 Å². The first kappa shape index (κ1) is 11.7. The molecular formula is C9H10O5S. The Hall–Kier alpha value is -1.40. The van der Waals surface area contributed by atoms with E-state index >= 15 is 0 Å². The van der Waals surface area contributed by atoms with Gasteiger partial charge in [0.05, 0.1) is 7.11 Å². The SMILES string of the molecule is COc1ccsc1C(=O)COCC(=O)O. The van der Waals surface area contributed by atoms with Gasteiger partial charge in [-0.3, -0.25) is 4.79 Å². The van der Waals surface area contributed by atoms with Crippen molar-refractivity contribution in [1.29, 1.82) is 0 Å². The zero-order chi connectivity index (χ0) is 11.3. The average molecular weight is 230 g/mol. The Morgan fingerprint density at radius 3 is 2.80 bits per heavy atom. The molecule has 0 aromatic carbocycles. The van der Waals surface area contributed by atoms with E-state index in [0.717, 1.165) is 0 Å². The normalized spacial score (nSPS) is 9.93. The molecular weight excluding hydrogens is 220 g/mol. The summed E-state index contributed by atoms with van der Waals surface area (Å²) < 4.78 is 9.63. The van der Waals surface area contributed by atoms with Crippen molar-refractivity contribution in [2.75, 3.05) is 20.3 Å². The Balaban J connectivity index is 2.50. The number of ether oxygens (including phenoxy) is 2. The monoisotopic (exact) mass is 230 g/mol. The van der Waals surface area contributed by atoms with E-state index in [0.29, 0.717) is 10.6 Å². The van der Waals surface area contributed by atoms with Crippen molar-refractivity contribution < 1.29 is 24.2 Å². The Kier molecular flexibility index (Phi) is 4.26. The summed E-state index contributed by atoms with van der Waals surface area (Å²) in [7, 11) is 1.47. The molecule has 1 aromatic rings. The van der Waals surface area contributed by atoms with Crippen molar-refractivity contribution in [1.82, 2.24) is 0 Å². The molecule has 15 heavy (non-hydrogen) atoms. The van der Waals surface area contributed by atoms with E-state index in [1.807, 2.05) is 0 Å². The van der Waals surface area contributed by atoms with Crippen LogP contribution in [0.5, 0.6) is 5.75 Å². The Morgan fingerprint density at radius 2 is 2.20 bits per heavy atom. The fourth-order valence-electron chi connectivity index (χ4n) is 0.958. The molecule has 0 saturated heterocycles. The minimum Gasteiger partial charge on any atom is -0.495 e. The minimum absolute atomic E-state index is 0.247. The van der Waals surface area contributed by atoms with E-state index in [2.05, 4.69) is 4.74 Å². The highest BCUT2D eigenvalue weighted by Crippen LogP contribution is 2.24. The third-order valence-electron chi connectivity index (χ3n) is 1.56. The van der Waals surface area contributed by atoms with Gasteiger partial charge in [-0.25, -0.2) is 4.79 Å². The van der Waals surface area contributed by atoms with Crippen LogP contribution in [0.15, 0.2) is 11.4 Å². The number of aliphatic carboxylic acids is 1. The third-order valence-corrected chi connectivity index (χ3v) is 2.50. The summed E-state index contributed by atoms with van der Waals surface area (Å²) in [6.07, 6.45) is 0. The standard InChI is InChI=1S/C9H10O5S/c1-13-7-2-3-15-9(7)6(10)4-14-5-8(11)12/h2-3H,4-5H2,1H3,(H,11,12). The van der Waals surface area contributed by atoms with Crippen molar-refractivity contribution in [3.05, 3.63) is 16.3 Å². The van der Waals surface area contributed by atoms with Gasteiger partial charge < -0.3 is 14.6 Å². The predicted octanol–water partition coefficient (Wildman–Crippen LogP) is 1.04. The number of carbonyl (C=O) groups is 2. The van der Waals surface area contributed by atoms with Crippen molar-refractivity contribution in [3.8, 4) is 5.75 Å². The maximum absolute atomic E-state index is 11.5. The van der Waals surface area contributed by atoms with Crippen molar-refractivity contribution in [2.24, 2.45) is 0 Å². The second-order valence-corrected chi connectivity index (χ2v) is 3.54. The zero-order valence-corrected chi connectivity index (χ0v) is 8.87. The van der Waals surface area contributed by atoms with Crippen LogP contribution in [0.2, 0.25) is 0 Å². The van der Waals surface area contributed by atoms with Gasteiger partial charge in [0.15, 0.2) is 0 Å². The van der Waals surface area contributed by atoms with Gasteiger partial charge in [0.25, 0.3) is 0 Å². The fourth-order valence-corrected chi connectivity index (χ4v) is 1.74. The first-order chi connectivity index (χ1) is 7.15. The average Bonchev–Trinajstić information content (AvgIpc) is 2.64. The molecule has 1 N–H and O–H groups in total. The Morgan fingerprint density at radius 1 is 1.47 bits per heavy atom.